The van der Waals surface area contributed by atoms with Crippen molar-refractivity contribution in [2.24, 2.45) is 5.73 Å². The number of carbonyl (C=O) groups is 1. The molecule has 0 bridgehead atoms. The van der Waals surface area contributed by atoms with Crippen molar-refractivity contribution in [1.82, 2.24) is 19.7 Å². The van der Waals surface area contributed by atoms with E-state index in [4.69, 9.17) is 10.5 Å². The van der Waals surface area contributed by atoms with Gasteiger partial charge in [-0.3, -0.25) is 14.5 Å². The van der Waals surface area contributed by atoms with Crippen molar-refractivity contribution < 1.29 is 22.7 Å². The Hall–Kier alpha value is -3.86. The van der Waals surface area contributed by atoms with Gasteiger partial charge in [-0.2, -0.15) is 18.3 Å². The maximum Gasteiger partial charge on any atom is 0.416 e. The molecular weight excluding hydrogens is 479 g/mol. The molecule has 3 N–H and O–H groups in total. The third kappa shape index (κ3) is 4.34. The van der Waals surface area contributed by atoms with E-state index in [0.29, 0.717) is 11.4 Å². The van der Waals surface area contributed by atoms with Gasteiger partial charge in [0.2, 0.25) is 0 Å². The minimum absolute atomic E-state index is 0.0311. The molecule has 3 aromatic heterocycles. The second kappa shape index (κ2) is 8.73. The van der Waals surface area contributed by atoms with Crippen LogP contribution in [0.15, 0.2) is 55.1 Å². The molecule has 180 valence electrons. The topological polar surface area (TPSA) is 98.8 Å². The summed E-state index contributed by atoms with van der Waals surface area (Å²) in [4.78, 5) is 16.8. The molecule has 0 aliphatic heterocycles. The Labute approximate surface area is 202 Å². The number of nitrogens with zero attached hydrogens (tertiary/aromatic N) is 3. The standard InChI is InChI=1S/C24H20F3N5O2S/c1-13(16-4-2-3-5-17(16)24(25,26)27)34-20-9-21(35-22(20)23(28)33)32-12-29-18-8-14(6-7-19(18)32)15-10-30-31-11-15/h2-7,9-14H,8H2,1H3,(H2,28,33)(H,30,31). The summed E-state index contributed by atoms with van der Waals surface area (Å²) in [5, 5.41) is 7.43. The first kappa shape index (κ1) is 22.9. The van der Waals surface area contributed by atoms with Crippen molar-refractivity contribution in [1.29, 1.82) is 0 Å². The first-order chi connectivity index (χ1) is 16.7. The van der Waals surface area contributed by atoms with Crippen molar-refractivity contribution in [2.75, 3.05) is 0 Å². The van der Waals surface area contributed by atoms with E-state index in [2.05, 4.69) is 21.3 Å². The van der Waals surface area contributed by atoms with Crippen molar-refractivity contribution in [2.45, 2.75) is 31.5 Å². The first-order valence-corrected chi connectivity index (χ1v) is 11.5. The molecule has 0 fully saturated rings. The van der Waals surface area contributed by atoms with E-state index in [9.17, 15) is 18.0 Å². The quantitative estimate of drug-likeness (QED) is 0.378. The van der Waals surface area contributed by atoms with Crippen LogP contribution >= 0.6 is 11.3 Å². The van der Waals surface area contributed by atoms with Gasteiger partial charge < -0.3 is 10.5 Å². The second-order valence-corrected chi connectivity index (χ2v) is 9.17. The summed E-state index contributed by atoms with van der Waals surface area (Å²) < 4.78 is 48.1. The van der Waals surface area contributed by atoms with E-state index < -0.39 is 23.8 Å². The molecule has 0 saturated heterocycles. The van der Waals surface area contributed by atoms with Gasteiger partial charge in [0.1, 0.15) is 28.1 Å². The van der Waals surface area contributed by atoms with Crippen molar-refractivity contribution in [3.63, 3.8) is 0 Å². The Morgan fingerprint density at radius 2 is 2.14 bits per heavy atom. The predicted octanol–water partition coefficient (Wildman–Crippen LogP) is 5.27. The molecule has 7 nitrogen and oxygen atoms in total. The molecule has 1 aromatic carbocycles. The van der Waals surface area contributed by atoms with E-state index in [-0.39, 0.29) is 22.1 Å². The minimum atomic E-state index is -4.53. The lowest BCUT2D eigenvalue weighted by atomic mass is 9.92. The Morgan fingerprint density at radius 3 is 2.86 bits per heavy atom. The molecule has 5 rings (SSSR count). The Bertz CT molecular complexity index is 1400. The normalized spacial score (nSPS) is 16.2. The number of carbonyl (C=O) groups excluding carboxylic acids is 1. The highest BCUT2D eigenvalue weighted by atomic mass is 32.1. The maximum atomic E-state index is 13.5. The molecule has 4 aromatic rings. The highest BCUT2D eigenvalue weighted by Crippen LogP contribution is 2.40. The number of allylic oxidation sites excluding steroid dienone is 1. The molecule has 35 heavy (non-hydrogen) atoms. The van der Waals surface area contributed by atoms with Crippen LogP contribution in [0.5, 0.6) is 5.75 Å². The lowest BCUT2D eigenvalue weighted by Crippen LogP contribution is -2.15. The van der Waals surface area contributed by atoms with Crippen LogP contribution in [0.4, 0.5) is 13.2 Å². The monoisotopic (exact) mass is 499 g/mol. The second-order valence-electron chi connectivity index (χ2n) is 8.14. The van der Waals surface area contributed by atoms with Gasteiger partial charge in [-0.25, -0.2) is 4.98 Å². The average Bonchev–Trinajstić information content (AvgIpc) is 3.57. The molecule has 1 amide bonds. The number of nitrogens with one attached hydrogen (secondary N) is 1. The third-order valence-electron chi connectivity index (χ3n) is 5.89. The number of thiophene rings is 1. The number of fused-ring (bicyclic) bond motifs is 1. The van der Waals surface area contributed by atoms with E-state index in [1.165, 1.54) is 25.1 Å². The van der Waals surface area contributed by atoms with E-state index in [0.717, 1.165) is 34.4 Å². The molecule has 1 aliphatic carbocycles. The Morgan fingerprint density at radius 1 is 1.34 bits per heavy atom. The zero-order valence-corrected chi connectivity index (χ0v) is 19.2. The number of rotatable bonds is 6. The van der Waals surface area contributed by atoms with E-state index >= 15 is 0 Å². The van der Waals surface area contributed by atoms with Gasteiger partial charge in [-0.15, -0.1) is 11.3 Å². The van der Waals surface area contributed by atoms with Gasteiger partial charge in [-0.1, -0.05) is 24.3 Å². The minimum Gasteiger partial charge on any atom is -0.484 e. The lowest BCUT2D eigenvalue weighted by Gasteiger charge is -2.19. The van der Waals surface area contributed by atoms with Crippen LogP contribution in [-0.4, -0.2) is 25.7 Å². The number of hydrogen-bond donors (Lipinski definition) is 2. The number of alkyl halides is 3. The van der Waals surface area contributed by atoms with Gasteiger partial charge in [0.05, 0.1) is 23.1 Å². The summed E-state index contributed by atoms with van der Waals surface area (Å²) in [6, 6.07) is 6.81. The Kier molecular flexibility index (Phi) is 5.72. The zero-order chi connectivity index (χ0) is 24.7. The average molecular weight is 500 g/mol. The molecule has 0 radical (unpaired) electrons. The van der Waals surface area contributed by atoms with Crippen molar-refractivity contribution >= 4 is 23.3 Å². The van der Waals surface area contributed by atoms with Crippen LogP contribution in [0.3, 0.4) is 0 Å². The molecule has 11 heteroatoms. The molecule has 0 saturated carbocycles. The number of halogens is 3. The molecule has 1 aliphatic rings. The van der Waals surface area contributed by atoms with Crippen LogP contribution in [0.25, 0.3) is 11.1 Å². The zero-order valence-electron chi connectivity index (χ0n) is 18.4. The number of aromatic nitrogens is 4. The van der Waals surface area contributed by atoms with Gasteiger partial charge in [0.25, 0.3) is 5.91 Å². The SMILES string of the molecule is CC(Oc1cc(-n2cnc3c2C=CC(c2cn[nH]c2)C3)sc1C(N)=O)c1ccccc1C(F)(F)F. The fourth-order valence-electron chi connectivity index (χ4n) is 4.18. The highest BCUT2D eigenvalue weighted by molar-refractivity contribution is 7.16. The summed E-state index contributed by atoms with van der Waals surface area (Å²) in [6.07, 6.45) is 4.46. The number of hydrogen-bond acceptors (Lipinski definition) is 5. The summed E-state index contributed by atoms with van der Waals surface area (Å²) in [5.41, 5.74) is 7.53. The Balaban J connectivity index is 1.46. The number of nitrogens with two attached hydrogens (primary N) is 1. The predicted molar refractivity (Wildman–Crippen MR) is 125 cm³/mol. The smallest absolute Gasteiger partial charge is 0.416 e. The molecule has 2 atom stereocenters. The largest absolute Gasteiger partial charge is 0.484 e. The number of imidazole rings is 1. The fourth-order valence-corrected chi connectivity index (χ4v) is 5.11. The van der Waals surface area contributed by atoms with E-state index in [1.807, 2.05) is 16.8 Å². The summed E-state index contributed by atoms with van der Waals surface area (Å²) in [7, 11) is 0. The number of aromatic amines is 1. The first-order valence-electron chi connectivity index (χ1n) is 10.7. The highest BCUT2D eigenvalue weighted by Gasteiger charge is 2.35. The molecule has 2 unspecified atom stereocenters. The van der Waals surface area contributed by atoms with Crippen molar-refractivity contribution in [3.05, 3.63) is 88.1 Å². The van der Waals surface area contributed by atoms with Gasteiger partial charge in [0.15, 0.2) is 0 Å². The fraction of sp³-hybridized carbons (Fsp3) is 0.208. The molecule has 3 heterocycles. The van der Waals surface area contributed by atoms with Crippen molar-refractivity contribution in [3.8, 4) is 10.8 Å². The number of benzene rings is 1. The maximum absolute atomic E-state index is 13.5. The van der Waals surface area contributed by atoms with Crippen LogP contribution in [-0.2, 0) is 12.6 Å². The molecular formula is C24H20F3N5O2S. The van der Waals surface area contributed by atoms with Gasteiger partial charge in [-0.05, 0) is 24.6 Å². The third-order valence-corrected chi connectivity index (χ3v) is 7.02. The summed E-state index contributed by atoms with van der Waals surface area (Å²) in [5.74, 6) is -0.458. The number of H-pyrrole nitrogens is 1. The molecule has 0 spiro atoms. The number of amides is 1. The van der Waals surface area contributed by atoms with Gasteiger partial charge >= 0.3 is 6.18 Å². The summed E-state index contributed by atoms with van der Waals surface area (Å²) in [6.45, 7) is 1.50. The van der Waals surface area contributed by atoms with Gasteiger partial charge in [0, 0.05) is 30.2 Å². The lowest BCUT2D eigenvalue weighted by molar-refractivity contribution is -0.138. The van der Waals surface area contributed by atoms with Crippen LogP contribution in [0, 0.1) is 0 Å². The number of primary amides is 1. The number of ether oxygens (including phenoxy) is 1. The summed E-state index contributed by atoms with van der Waals surface area (Å²) >= 11 is 1.10. The van der Waals surface area contributed by atoms with Crippen LogP contribution in [0.1, 0.15) is 56.7 Å². The van der Waals surface area contributed by atoms with E-state index in [1.54, 1.807) is 18.6 Å². The van der Waals surface area contributed by atoms with Crippen LogP contribution in [0.2, 0.25) is 0 Å². The van der Waals surface area contributed by atoms with Crippen LogP contribution < -0.4 is 10.5 Å².